The van der Waals surface area contributed by atoms with Crippen LogP contribution in [0.15, 0.2) is 48.2 Å². The average molecular weight is 386 g/mol. The molecule has 0 bridgehead atoms. The Hall–Kier alpha value is -3.36. The normalized spacial score (nSPS) is 10.9. The first kappa shape index (κ1) is 20.9. The van der Waals surface area contributed by atoms with E-state index in [-0.39, 0.29) is 12.2 Å². The van der Waals surface area contributed by atoms with Gasteiger partial charge in [0.1, 0.15) is 11.5 Å². The molecule has 2 aromatic carbocycles. The molecule has 0 aliphatic rings. The SMILES string of the molecule is CONC(=Cc1cc(OC)ccc1C(=O)c1ccc(OC)cc1)CC(=O)NO. The summed E-state index contributed by atoms with van der Waals surface area (Å²) >= 11 is 0. The molecular weight excluding hydrogens is 364 g/mol. The number of hydrogen-bond acceptors (Lipinski definition) is 7. The lowest BCUT2D eigenvalue weighted by Gasteiger charge is -2.12. The molecule has 2 aromatic rings. The van der Waals surface area contributed by atoms with Crippen LogP contribution < -0.4 is 20.4 Å². The summed E-state index contributed by atoms with van der Waals surface area (Å²) in [4.78, 5) is 29.4. The number of carbonyl (C=O) groups excluding carboxylic acids is 2. The van der Waals surface area contributed by atoms with Crippen molar-refractivity contribution in [2.45, 2.75) is 6.42 Å². The Balaban J connectivity index is 2.47. The molecule has 0 saturated heterocycles. The number of hydroxylamine groups is 2. The van der Waals surface area contributed by atoms with Crippen LogP contribution in [0.5, 0.6) is 11.5 Å². The third-order valence-corrected chi connectivity index (χ3v) is 3.89. The van der Waals surface area contributed by atoms with E-state index in [4.69, 9.17) is 19.5 Å². The van der Waals surface area contributed by atoms with Crippen LogP contribution in [0.3, 0.4) is 0 Å². The summed E-state index contributed by atoms with van der Waals surface area (Å²) in [5, 5.41) is 8.75. The molecule has 3 N–H and O–H groups in total. The average Bonchev–Trinajstić information content (AvgIpc) is 2.73. The Bertz CT molecular complexity index is 861. The summed E-state index contributed by atoms with van der Waals surface area (Å²) in [7, 11) is 4.46. The number of methoxy groups -OCH3 is 2. The molecule has 8 nitrogen and oxygen atoms in total. The van der Waals surface area contributed by atoms with Crippen LogP contribution in [-0.4, -0.2) is 38.2 Å². The number of ether oxygens (including phenoxy) is 2. The molecule has 0 radical (unpaired) electrons. The van der Waals surface area contributed by atoms with Gasteiger partial charge >= 0.3 is 0 Å². The molecule has 28 heavy (non-hydrogen) atoms. The summed E-state index contributed by atoms with van der Waals surface area (Å²) in [6, 6.07) is 11.8. The van der Waals surface area contributed by atoms with Crippen LogP contribution in [0, 0.1) is 0 Å². The fraction of sp³-hybridized carbons (Fsp3) is 0.200. The molecule has 2 rings (SSSR count). The summed E-state index contributed by atoms with van der Waals surface area (Å²) in [6.07, 6.45) is 1.40. The smallest absolute Gasteiger partial charge is 0.249 e. The van der Waals surface area contributed by atoms with Crippen molar-refractivity contribution in [1.82, 2.24) is 11.0 Å². The fourth-order valence-corrected chi connectivity index (χ4v) is 2.54. The second-order valence-electron chi connectivity index (χ2n) is 5.70. The van der Waals surface area contributed by atoms with Gasteiger partial charge in [0, 0.05) is 16.8 Å². The maximum Gasteiger partial charge on any atom is 0.249 e. The summed E-state index contributed by atoms with van der Waals surface area (Å²) in [6.45, 7) is 0. The molecule has 8 heteroatoms. The van der Waals surface area contributed by atoms with E-state index in [1.54, 1.807) is 61.1 Å². The first-order valence-corrected chi connectivity index (χ1v) is 8.31. The topological polar surface area (TPSA) is 106 Å². The lowest BCUT2D eigenvalue weighted by molar-refractivity contribution is -0.128. The minimum absolute atomic E-state index is 0.183. The standard InChI is InChI=1S/C20H22N2O6/c1-26-16-6-4-13(5-7-16)20(24)18-9-8-17(27-2)11-14(18)10-15(22-28-3)12-19(23)21-25/h4-11,22,25H,12H2,1-3H3,(H,21,23). The number of ketones is 1. The van der Waals surface area contributed by atoms with Gasteiger partial charge in [-0.3, -0.25) is 25.1 Å². The monoisotopic (exact) mass is 386 g/mol. The van der Waals surface area contributed by atoms with E-state index in [2.05, 4.69) is 5.48 Å². The van der Waals surface area contributed by atoms with Crippen LogP contribution in [-0.2, 0) is 9.63 Å². The van der Waals surface area contributed by atoms with Crippen molar-refractivity contribution in [1.29, 1.82) is 0 Å². The second-order valence-corrected chi connectivity index (χ2v) is 5.70. The van der Waals surface area contributed by atoms with E-state index in [0.29, 0.717) is 33.9 Å². The molecule has 0 aromatic heterocycles. The summed E-state index contributed by atoms with van der Waals surface area (Å²) in [5.74, 6) is 0.343. The van der Waals surface area contributed by atoms with Crippen LogP contribution in [0.2, 0.25) is 0 Å². The van der Waals surface area contributed by atoms with Crippen LogP contribution in [0.1, 0.15) is 27.9 Å². The van der Waals surface area contributed by atoms with E-state index in [1.165, 1.54) is 14.2 Å². The predicted octanol–water partition coefficient (Wildman–Crippen LogP) is 2.32. The van der Waals surface area contributed by atoms with E-state index < -0.39 is 5.91 Å². The number of nitrogens with one attached hydrogen (secondary N) is 2. The largest absolute Gasteiger partial charge is 0.497 e. The zero-order valence-corrected chi connectivity index (χ0v) is 15.8. The van der Waals surface area contributed by atoms with E-state index in [0.717, 1.165) is 0 Å². The molecule has 0 unspecified atom stereocenters. The van der Waals surface area contributed by atoms with Gasteiger partial charge < -0.3 is 9.47 Å². The fourth-order valence-electron chi connectivity index (χ4n) is 2.54. The molecule has 0 heterocycles. The Labute approximate surface area is 162 Å². The zero-order valence-electron chi connectivity index (χ0n) is 15.8. The molecule has 0 saturated carbocycles. The lowest BCUT2D eigenvalue weighted by atomic mass is 9.97. The van der Waals surface area contributed by atoms with Gasteiger partial charge in [-0.1, -0.05) is 0 Å². The first-order chi connectivity index (χ1) is 13.5. The molecular formula is C20H22N2O6. The van der Waals surface area contributed by atoms with E-state index in [1.807, 2.05) is 0 Å². The van der Waals surface area contributed by atoms with Crippen molar-refractivity contribution in [3.63, 3.8) is 0 Å². The maximum atomic E-state index is 13.0. The van der Waals surface area contributed by atoms with Crippen LogP contribution in [0.4, 0.5) is 0 Å². The zero-order chi connectivity index (χ0) is 20.5. The molecule has 0 spiro atoms. The molecule has 1 amide bonds. The highest BCUT2D eigenvalue weighted by Crippen LogP contribution is 2.24. The highest BCUT2D eigenvalue weighted by molar-refractivity contribution is 6.11. The van der Waals surface area contributed by atoms with Gasteiger partial charge in [0.15, 0.2) is 5.78 Å². The predicted molar refractivity (Wildman–Crippen MR) is 102 cm³/mol. The third-order valence-electron chi connectivity index (χ3n) is 3.89. The number of carbonyl (C=O) groups is 2. The van der Waals surface area contributed by atoms with Crippen LogP contribution >= 0.6 is 0 Å². The number of hydrogen-bond donors (Lipinski definition) is 3. The molecule has 0 aliphatic heterocycles. The van der Waals surface area contributed by atoms with Gasteiger partial charge in [-0.2, -0.15) is 0 Å². The van der Waals surface area contributed by atoms with Gasteiger partial charge in [-0.15, -0.1) is 0 Å². The number of amides is 1. The van der Waals surface area contributed by atoms with Crippen molar-refractivity contribution in [2.24, 2.45) is 0 Å². The van der Waals surface area contributed by atoms with Crippen molar-refractivity contribution >= 4 is 17.8 Å². The molecule has 0 fully saturated rings. The Morgan fingerprint density at radius 3 is 2.21 bits per heavy atom. The molecule has 0 atom stereocenters. The van der Waals surface area contributed by atoms with Gasteiger partial charge in [0.25, 0.3) is 0 Å². The van der Waals surface area contributed by atoms with Crippen molar-refractivity contribution in [2.75, 3.05) is 21.3 Å². The Morgan fingerprint density at radius 1 is 1.00 bits per heavy atom. The number of rotatable bonds is 9. The van der Waals surface area contributed by atoms with Crippen molar-refractivity contribution in [3.8, 4) is 11.5 Å². The Kier molecular flexibility index (Phi) is 7.55. The second kappa shape index (κ2) is 10.1. The van der Waals surface area contributed by atoms with E-state index >= 15 is 0 Å². The molecule has 0 aliphatic carbocycles. The van der Waals surface area contributed by atoms with Gasteiger partial charge in [0.2, 0.25) is 5.91 Å². The van der Waals surface area contributed by atoms with Crippen LogP contribution in [0.25, 0.3) is 6.08 Å². The minimum Gasteiger partial charge on any atom is -0.497 e. The highest BCUT2D eigenvalue weighted by atomic mass is 16.6. The van der Waals surface area contributed by atoms with Crippen molar-refractivity contribution < 1.29 is 29.1 Å². The summed E-state index contributed by atoms with van der Waals surface area (Å²) in [5.41, 5.74) is 5.88. The van der Waals surface area contributed by atoms with Gasteiger partial charge in [-0.05, 0) is 54.1 Å². The first-order valence-electron chi connectivity index (χ1n) is 8.31. The van der Waals surface area contributed by atoms with Gasteiger partial charge in [0.05, 0.1) is 27.8 Å². The molecule has 148 valence electrons. The van der Waals surface area contributed by atoms with E-state index in [9.17, 15) is 9.59 Å². The quantitative estimate of drug-likeness (QED) is 0.345. The summed E-state index contributed by atoms with van der Waals surface area (Å²) < 4.78 is 10.4. The minimum atomic E-state index is -0.637. The third kappa shape index (κ3) is 5.32. The number of benzene rings is 2. The van der Waals surface area contributed by atoms with Gasteiger partial charge in [-0.25, -0.2) is 5.48 Å². The van der Waals surface area contributed by atoms with Crippen molar-refractivity contribution in [3.05, 3.63) is 64.9 Å². The lowest BCUT2D eigenvalue weighted by Crippen LogP contribution is -2.23. The maximum absolute atomic E-state index is 13.0. The Morgan fingerprint density at radius 2 is 1.64 bits per heavy atom. The highest BCUT2D eigenvalue weighted by Gasteiger charge is 2.15.